The lowest BCUT2D eigenvalue weighted by Crippen LogP contribution is -2.11. The second-order valence-electron chi connectivity index (χ2n) is 2.66. The third kappa shape index (κ3) is 1.46. The topological polar surface area (TPSA) is 42.2 Å². The molecule has 0 bridgehead atoms. The van der Waals surface area contributed by atoms with Gasteiger partial charge in [0.1, 0.15) is 11.8 Å². The van der Waals surface area contributed by atoms with Crippen LogP contribution in [0, 0.1) is 11.3 Å². The highest BCUT2D eigenvalue weighted by molar-refractivity contribution is 6.31. The van der Waals surface area contributed by atoms with Crippen LogP contribution in [0.1, 0.15) is 11.1 Å². The molecule has 3 nitrogen and oxygen atoms in total. The molecule has 13 heavy (non-hydrogen) atoms. The molecule has 1 aromatic carbocycles. The lowest BCUT2D eigenvalue weighted by molar-refractivity contribution is -0.0163. The highest BCUT2D eigenvalue weighted by Crippen LogP contribution is 2.29. The van der Waals surface area contributed by atoms with Gasteiger partial charge in [0.05, 0.1) is 17.2 Å². The monoisotopic (exact) mass is 195 g/mol. The summed E-state index contributed by atoms with van der Waals surface area (Å²) in [5.74, 6) is 0.687. The predicted octanol–water partition coefficient (Wildman–Crippen LogP) is 2.08. The van der Waals surface area contributed by atoms with Crippen LogP contribution in [0.2, 0.25) is 5.02 Å². The molecule has 0 saturated carbocycles. The lowest BCUT2D eigenvalue weighted by atomic mass is 10.1. The number of ether oxygens (including phenoxy) is 2. The molecule has 1 heterocycles. The first-order valence-electron chi connectivity index (χ1n) is 3.74. The highest BCUT2D eigenvalue weighted by atomic mass is 35.5. The summed E-state index contributed by atoms with van der Waals surface area (Å²) >= 11 is 5.83. The van der Waals surface area contributed by atoms with E-state index in [-0.39, 0.29) is 6.79 Å². The van der Waals surface area contributed by atoms with Crippen LogP contribution in [-0.2, 0) is 11.3 Å². The molecule has 0 fully saturated rings. The van der Waals surface area contributed by atoms with E-state index < -0.39 is 0 Å². The van der Waals surface area contributed by atoms with Crippen molar-refractivity contribution < 1.29 is 9.47 Å². The van der Waals surface area contributed by atoms with E-state index in [0.29, 0.717) is 22.9 Å². The second kappa shape index (κ2) is 3.25. The number of benzene rings is 1. The van der Waals surface area contributed by atoms with Crippen molar-refractivity contribution in [3.8, 4) is 11.8 Å². The average Bonchev–Trinajstić information content (AvgIpc) is 2.17. The number of rotatable bonds is 0. The van der Waals surface area contributed by atoms with Crippen LogP contribution in [0.15, 0.2) is 12.1 Å². The summed E-state index contributed by atoms with van der Waals surface area (Å²) in [7, 11) is 0. The van der Waals surface area contributed by atoms with Gasteiger partial charge in [-0.25, -0.2) is 0 Å². The maximum atomic E-state index is 8.70. The Bertz CT molecular complexity index is 384. The fourth-order valence-corrected chi connectivity index (χ4v) is 1.41. The maximum absolute atomic E-state index is 8.70. The first kappa shape index (κ1) is 8.36. The molecule has 0 unspecified atom stereocenters. The van der Waals surface area contributed by atoms with E-state index in [9.17, 15) is 0 Å². The van der Waals surface area contributed by atoms with Gasteiger partial charge in [-0.05, 0) is 12.1 Å². The summed E-state index contributed by atoms with van der Waals surface area (Å²) < 4.78 is 10.2. The molecule has 0 atom stereocenters. The number of nitrogens with zero attached hydrogens (tertiary/aromatic N) is 1. The minimum absolute atomic E-state index is 0.236. The summed E-state index contributed by atoms with van der Waals surface area (Å²) in [5, 5.41) is 9.14. The van der Waals surface area contributed by atoms with E-state index in [2.05, 4.69) is 0 Å². The Labute approximate surface area is 80.4 Å². The molecule has 1 aliphatic rings. The van der Waals surface area contributed by atoms with Crippen LogP contribution in [-0.4, -0.2) is 6.79 Å². The molecular weight excluding hydrogens is 190 g/mol. The zero-order valence-corrected chi connectivity index (χ0v) is 7.47. The second-order valence-corrected chi connectivity index (χ2v) is 3.07. The van der Waals surface area contributed by atoms with E-state index >= 15 is 0 Å². The van der Waals surface area contributed by atoms with Crippen LogP contribution in [0.5, 0.6) is 5.75 Å². The van der Waals surface area contributed by atoms with Gasteiger partial charge >= 0.3 is 0 Å². The summed E-state index contributed by atoms with van der Waals surface area (Å²) in [4.78, 5) is 0. The SMILES string of the molecule is N#Cc1cc2c(cc1Cl)COCO2. The minimum Gasteiger partial charge on any atom is -0.467 e. The smallest absolute Gasteiger partial charge is 0.189 e. The molecule has 1 aromatic rings. The first-order valence-corrected chi connectivity index (χ1v) is 4.12. The van der Waals surface area contributed by atoms with Crippen molar-refractivity contribution in [2.75, 3.05) is 6.79 Å². The van der Waals surface area contributed by atoms with E-state index in [1.54, 1.807) is 12.1 Å². The van der Waals surface area contributed by atoms with Gasteiger partial charge in [-0.15, -0.1) is 0 Å². The first-order chi connectivity index (χ1) is 6.31. The largest absolute Gasteiger partial charge is 0.467 e. The quantitative estimate of drug-likeness (QED) is 0.637. The molecule has 1 aliphatic heterocycles. The Morgan fingerprint density at radius 3 is 3.08 bits per heavy atom. The molecule has 0 aromatic heterocycles. The third-order valence-corrected chi connectivity index (χ3v) is 2.14. The Morgan fingerprint density at radius 1 is 1.46 bits per heavy atom. The third-order valence-electron chi connectivity index (χ3n) is 1.83. The molecule has 0 aliphatic carbocycles. The molecule has 0 spiro atoms. The van der Waals surface area contributed by atoms with Crippen molar-refractivity contribution in [3.05, 3.63) is 28.3 Å². The zero-order chi connectivity index (χ0) is 9.26. The van der Waals surface area contributed by atoms with E-state index in [1.165, 1.54) is 0 Å². The van der Waals surface area contributed by atoms with Gasteiger partial charge in [-0.2, -0.15) is 5.26 Å². The number of hydrogen-bond acceptors (Lipinski definition) is 3. The fraction of sp³-hybridized carbons (Fsp3) is 0.222. The van der Waals surface area contributed by atoms with Gasteiger partial charge in [-0.3, -0.25) is 0 Å². The minimum atomic E-state index is 0.236. The van der Waals surface area contributed by atoms with Gasteiger partial charge in [0, 0.05) is 5.56 Å². The standard InChI is InChI=1S/C9H6ClNO2/c10-8-1-7-4-12-5-13-9(7)2-6(8)3-11/h1-2H,4-5H2. The van der Waals surface area contributed by atoms with Crippen LogP contribution in [0.25, 0.3) is 0 Å². The molecule has 2 rings (SSSR count). The molecular formula is C9H6ClNO2. The fourth-order valence-electron chi connectivity index (χ4n) is 1.18. The maximum Gasteiger partial charge on any atom is 0.189 e. The summed E-state index contributed by atoms with van der Waals surface area (Å²) in [6.07, 6.45) is 0. The summed E-state index contributed by atoms with van der Waals surface area (Å²) in [6, 6.07) is 5.33. The molecule has 0 saturated heterocycles. The van der Waals surface area contributed by atoms with Crippen LogP contribution in [0.3, 0.4) is 0 Å². The number of fused-ring (bicyclic) bond motifs is 1. The Hall–Kier alpha value is -1.24. The number of nitriles is 1. The van der Waals surface area contributed by atoms with E-state index in [4.69, 9.17) is 26.3 Å². The number of halogens is 1. The van der Waals surface area contributed by atoms with Gasteiger partial charge in [0.25, 0.3) is 0 Å². The van der Waals surface area contributed by atoms with Crippen molar-refractivity contribution in [1.29, 1.82) is 5.26 Å². The summed E-state index contributed by atoms with van der Waals surface area (Å²) in [6.45, 7) is 0.722. The highest BCUT2D eigenvalue weighted by Gasteiger charge is 2.13. The van der Waals surface area contributed by atoms with Crippen molar-refractivity contribution in [3.63, 3.8) is 0 Å². The van der Waals surface area contributed by atoms with Crippen molar-refractivity contribution in [2.24, 2.45) is 0 Å². The lowest BCUT2D eigenvalue weighted by Gasteiger charge is -2.17. The van der Waals surface area contributed by atoms with E-state index in [0.717, 1.165) is 5.56 Å². The molecule has 4 heteroatoms. The molecule has 66 valence electrons. The molecule has 0 radical (unpaired) electrons. The number of hydrogen-bond donors (Lipinski definition) is 0. The average molecular weight is 196 g/mol. The van der Waals surface area contributed by atoms with Gasteiger partial charge < -0.3 is 9.47 Å². The Kier molecular flexibility index (Phi) is 2.09. The van der Waals surface area contributed by atoms with Crippen LogP contribution < -0.4 is 4.74 Å². The van der Waals surface area contributed by atoms with Crippen molar-refractivity contribution in [2.45, 2.75) is 6.61 Å². The van der Waals surface area contributed by atoms with Crippen molar-refractivity contribution in [1.82, 2.24) is 0 Å². The normalized spacial score (nSPS) is 14.2. The predicted molar refractivity (Wildman–Crippen MR) is 46.5 cm³/mol. The Balaban J connectivity index is 2.52. The van der Waals surface area contributed by atoms with Crippen LogP contribution in [0.4, 0.5) is 0 Å². The van der Waals surface area contributed by atoms with Gasteiger partial charge in [0.15, 0.2) is 6.79 Å². The molecule has 0 amide bonds. The van der Waals surface area contributed by atoms with Gasteiger partial charge in [0.2, 0.25) is 0 Å². The van der Waals surface area contributed by atoms with Crippen LogP contribution >= 0.6 is 11.6 Å². The van der Waals surface area contributed by atoms with E-state index in [1.807, 2.05) is 6.07 Å². The Morgan fingerprint density at radius 2 is 2.31 bits per heavy atom. The van der Waals surface area contributed by atoms with Crippen molar-refractivity contribution >= 4 is 11.6 Å². The molecule has 0 N–H and O–H groups in total. The summed E-state index contributed by atoms with van der Waals surface area (Å²) in [5.41, 5.74) is 1.32. The van der Waals surface area contributed by atoms with Gasteiger partial charge in [-0.1, -0.05) is 11.6 Å². The zero-order valence-electron chi connectivity index (χ0n) is 6.71.